The number of benzene rings is 1. The smallest absolute Gasteiger partial charge is 0.338 e. The molecule has 0 spiro atoms. The van der Waals surface area contributed by atoms with E-state index in [1.54, 1.807) is 0 Å². The highest BCUT2D eigenvalue weighted by Crippen LogP contribution is 2.36. The second-order valence-corrected chi connectivity index (χ2v) is 5.26. The van der Waals surface area contributed by atoms with Crippen molar-refractivity contribution in [2.24, 2.45) is 5.92 Å². The Morgan fingerprint density at radius 3 is 2.36 bits per heavy atom. The lowest BCUT2D eigenvalue weighted by Gasteiger charge is -2.21. The maximum absolute atomic E-state index is 12.1. The molecule has 1 aromatic carbocycles. The van der Waals surface area contributed by atoms with E-state index in [1.807, 2.05) is 0 Å². The summed E-state index contributed by atoms with van der Waals surface area (Å²) < 4.78 is 5.47. The number of rotatable bonds is 6. The van der Waals surface area contributed by atoms with E-state index in [0.29, 0.717) is 29.6 Å². The molecule has 2 atom stereocenters. The third kappa shape index (κ3) is 3.47. The molecule has 120 valence electrons. The summed E-state index contributed by atoms with van der Waals surface area (Å²) in [7, 11) is 0. The van der Waals surface area contributed by atoms with Crippen molar-refractivity contribution in [3.63, 3.8) is 0 Å². The number of esters is 1. The molecule has 0 aliphatic heterocycles. The summed E-state index contributed by atoms with van der Waals surface area (Å²) in [5.41, 5.74) is 1.60. The van der Waals surface area contributed by atoms with E-state index in [2.05, 4.69) is 0 Å². The number of aliphatic hydroxyl groups excluding tert-OH is 3. The molecule has 6 nitrogen and oxygen atoms in total. The molecule has 0 radical (unpaired) electrons. The predicted octanol–water partition coefficient (Wildman–Crippen LogP) is 0.601. The highest BCUT2D eigenvalue weighted by molar-refractivity contribution is 5.89. The molecule has 6 heteroatoms. The van der Waals surface area contributed by atoms with Crippen molar-refractivity contribution in [2.45, 2.75) is 18.9 Å². The van der Waals surface area contributed by atoms with Crippen molar-refractivity contribution < 1.29 is 30.0 Å². The van der Waals surface area contributed by atoms with Gasteiger partial charge in [-0.15, -0.1) is 0 Å². The number of carbonyl (C=O) groups is 1. The molecule has 2 rings (SSSR count). The SMILES string of the molecule is O=C(O[C@@H]1CC(CO)=C(CO)[C@H]1CCO)c1ccc(O)cc1. The van der Waals surface area contributed by atoms with E-state index in [-0.39, 0.29) is 31.5 Å². The molecule has 4 N–H and O–H groups in total. The normalized spacial score (nSPS) is 21.2. The molecule has 1 aromatic rings. The maximum Gasteiger partial charge on any atom is 0.338 e. The average molecular weight is 308 g/mol. The molecule has 0 saturated carbocycles. The lowest BCUT2D eigenvalue weighted by molar-refractivity contribution is 0.0183. The van der Waals surface area contributed by atoms with Gasteiger partial charge >= 0.3 is 5.97 Å². The van der Waals surface area contributed by atoms with Gasteiger partial charge in [-0.05, 0) is 41.8 Å². The summed E-state index contributed by atoms with van der Waals surface area (Å²) in [6.45, 7) is -0.529. The zero-order valence-corrected chi connectivity index (χ0v) is 12.1. The van der Waals surface area contributed by atoms with Crippen molar-refractivity contribution in [2.75, 3.05) is 19.8 Å². The van der Waals surface area contributed by atoms with Gasteiger partial charge in [0.1, 0.15) is 11.9 Å². The third-order valence-corrected chi connectivity index (χ3v) is 3.96. The third-order valence-electron chi connectivity index (χ3n) is 3.96. The predicted molar refractivity (Wildman–Crippen MR) is 78.3 cm³/mol. The van der Waals surface area contributed by atoms with Crippen LogP contribution in [0.5, 0.6) is 5.75 Å². The van der Waals surface area contributed by atoms with Gasteiger partial charge in [0.25, 0.3) is 0 Å². The van der Waals surface area contributed by atoms with E-state index < -0.39 is 12.1 Å². The summed E-state index contributed by atoms with van der Waals surface area (Å²) in [6, 6.07) is 5.71. The molecule has 0 bridgehead atoms. The Bertz CT molecular complexity index is 548. The van der Waals surface area contributed by atoms with Crippen LogP contribution in [0.25, 0.3) is 0 Å². The quantitative estimate of drug-likeness (QED) is 0.453. The summed E-state index contributed by atoms with van der Waals surface area (Å²) in [5, 5.41) is 37.2. The minimum atomic E-state index is -0.538. The lowest BCUT2D eigenvalue weighted by atomic mass is 9.96. The van der Waals surface area contributed by atoms with Crippen LogP contribution in [0, 0.1) is 5.92 Å². The van der Waals surface area contributed by atoms with Gasteiger partial charge in [0.2, 0.25) is 0 Å². The number of aliphatic hydroxyl groups is 3. The van der Waals surface area contributed by atoms with Crippen LogP contribution in [-0.2, 0) is 4.74 Å². The highest BCUT2D eigenvalue weighted by atomic mass is 16.5. The first-order chi connectivity index (χ1) is 10.6. The largest absolute Gasteiger partial charge is 0.508 e. The molecule has 1 aliphatic carbocycles. The van der Waals surface area contributed by atoms with Crippen LogP contribution in [0.2, 0.25) is 0 Å². The standard InChI is InChI=1S/C16H20O6/c17-6-5-13-14(9-19)11(8-18)7-15(13)22-16(21)10-1-3-12(20)4-2-10/h1-4,13,15,17-20H,5-9H2/t13-,15-/m1/s1. The van der Waals surface area contributed by atoms with Gasteiger partial charge in [0.05, 0.1) is 18.8 Å². The molecule has 0 amide bonds. The zero-order valence-electron chi connectivity index (χ0n) is 12.1. The first-order valence-electron chi connectivity index (χ1n) is 7.14. The van der Waals surface area contributed by atoms with E-state index in [1.165, 1.54) is 24.3 Å². The molecule has 0 heterocycles. The van der Waals surface area contributed by atoms with Crippen molar-refractivity contribution in [1.82, 2.24) is 0 Å². The van der Waals surface area contributed by atoms with Crippen LogP contribution >= 0.6 is 0 Å². The number of hydrogen-bond acceptors (Lipinski definition) is 6. The fraction of sp³-hybridized carbons (Fsp3) is 0.438. The van der Waals surface area contributed by atoms with E-state index >= 15 is 0 Å². The summed E-state index contributed by atoms with van der Waals surface area (Å²) in [6.07, 6.45) is 0.186. The topological polar surface area (TPSA) is 107 Å². The monoisotopic (exact) mass is 308 g/mol. The first-order valence-corrected chi connectivity index (χ1v) is 7.14. The van der Waals surface area contributed by atoms with Crippen LogP contribution < -0.4 is 0 Å². The van der Waals surface area contributed by atoms with Crippen molar-refractivity contribution in [3.8, 4) is 5.75 Å². The highest BCUT2D eigenvalue weighted by Gasteiger charge is 2.36. The van der Waals surface area contributed by atoms with Gasteiger partial charge in [-0.3, -0.25) is 0 Å². The van der Waals surface area contributed by atoms with Crippen molar-refractivity contribution in [1.29, 1.82) is 0 Å². The maximum atomic E-state index is 12.1. The van der Waals surface area contributed by atoms with Crippen LogP contribution in [0.3, 0.4) is 0 Å². The average Bonchev–Trinajstić information content (AvgIpc) is 2.85. The van der Waals surface area contributed by atoms with E-state index in [4.69, 9.17) is 9.84 Å². The minimum Gasteiger partial charge on any atom is -0.508 e. The number of ether oxygens (including phenoxy) is 1. The Balaban J connectivity index is 2.11. The fourth-order valence-corrected chi connectivity index (χ4v) is 2.82. The van der Waals surface area contributed by atoms with Crippen LogP contribution in [0.15, 0.2) is 35.4 Å². The molecule has 22 heavy (non-hydrogen) atoms. The van der Waals surface area contributed by atoms with Crippen LogP contribution in [0.4, 0.5) is 0 Å². The van der Waals surface area contributed by atoms with E-state index in [0.717, 1.165) is 0 Å². The number of carbonyl (C=O) groups excluding carboxylic acids is 1. The number of phenolic OH excluding ortho intramolecular Hbond substituents is 1. The fourth-order valence-electron chi connectivity index (χ4n) is 2.82. The number of aromatic hydroxyl groups is 1. The Hall–Kier alpha value is -1.89. The Labute approximate surface area is 128 Å². The summed E-state index contributed by atoms with van der Waals surface area (Å²) in [4.78, 5) is 12.1. The van der Waals surface area contributed by atoms with Crippen LogP contribution in [0.1, 0.15) is 23.2 Å². The van der Waals surface area contributed by atoms with Gasteiger partial charge in [0, 0.05) is 18.9 Å². The summed E-state index contributed by atoms with van der Waals surface area (Å²) >= 11 is 0. The molecule has 0 aromatic heterocycles. The zero-order chi connectivity index (χ0) is 16.1. The van der Waals surface area contributed by atoms with Gasteiger partial charge in [-0.1, -0.05) is 0 Å². The Kier molecular flexibility index (Phi) is 5.54. The molecule has 1 aliphatic rings. The first kappa shape index (κ1) is 16.5. The number of hydrogen-bond donors (Lipinski definition) is 4. The van der Waals surface area contributed by atoms with Gasteiger partial charge in [0.15, 0.2) is 0 Å². The van der Waals surface area contributed by atoms with Crippen LogP contribution in [-0.4, -0.2) is 52.3 Å². The lowest BCUT2D eigenvalue weighted by Crippen LogP contribution is -2.26. The molecule has 0 unspecified atom stereocenters. The number of phenols is 1. The molecular weight excluding hydrogens is 288 g/mol. The second-order valence-electron chi connectivity index (χ2n) is 5.26. The molecule has 0 saturated heterocycles. The van der Waals surface area contributed by atoms with Gasteiger partial charge in [-0.2, -0.15) is 0 Å². The van der Waals surface area contributed by atoms with Crippen molar-refractivity contribution in [3.05, 3.63) is 41.0 Å². The van der Waals surface area contributed by atoms with Gasteiger partial charge < -0.3 is 25.2 Å². The Morgan fingerprint density at radius 2 is 1.82 bits per heavy atom. The summed E-state index contributed by atoms with van der Waals surface area (Å²) in [5.74, 6) is -0.773. The minimum absolute atomic E-state index is 0.0578. The van der Waals surface area contributed by atoms with E-state index in [9.17, 15) is 20.1 Å². The molecular formula is C16H20O6. The van der Waals surface area contributed by atoms with Gasteiger partial charge in [-0.25, -0.2) is 4.79 Å². The second kappa shape index (κ2) is 7.40. The van der Waals surface area contributed by atoms with Crippen molar-refractivity contribution >= 4 is 5.97 Å². The molecule has 0 fully saturated rings. The Morgan fingerprint density at radius 1 is 1.14 bits per heavy atom.